The number of aryl methyl sites for hydroxylation is 2. The van der Waals surface area contributed by atoms with Crippen molar-refractivity contribution in [1.82, 2.24) is 15.2 Å². The highest BCUT2D eigenvalue weighted by Crippen LogP contribution is 2.33. The van der Waals surface area contributed by atoms with Crippen LogP contribution in [0.1, 0.15) is 33.7 Å². The van der Waals surface area contributed by atoms with Crippen molar-refractivity contribution in [3.63, 3.8) is 0 Å². The number of anilines is 1. The number of rotatable bonds is 6. The van der Waals surface area contributed by atoms with Gasteiger partial charge in [0.05, 0.1) is 0 Å². The van der Waals surface area contributed by atoms with Gasteiger partial charge in [0.1, 0.15) is 14.9 Å². The van der Waals surface area contributed by atoms with Gasteiger partial charge in [0.2, 0.25) is 5.13 Å². The van der Waals surface area contributed by atoms with Gasteiger partial charge in [0.25, 0.3) is 5.91 Å². The van der Waals surface area contributed by atoms with Crippen molar-refractivity contribution in [1.29, 1.82) is 0 Å². The van der Waals surface area contributed by atoms with E-state index in [9.17, 15) is 4.79 Å². The summed E-state index contributed by atoms with van der Waals surface area (Å²) in [5, 5.41) is 15.2. The Hall–Kier alpha value is -2.23. The highest BCUT2D eigenvalue weighted by Gasteiger charge is 2.22. The van der Waals surface area contributed by atoms with E-state index in [0.29, 0.717) is 22.2 Å². The lowest BCUT2D eigenvalue weighted by Crippen LogP contribution is -2.12. The first-order chi connectivity index (χ1) is 13.1. The molecule has 1 amide bonds. The quantitative estimate of drug-likeness (QED) is 0.438. The Morgan fingerprint density at radius 2 is 2.15 bits per heavy atom. The van der Waals surface area contributed by atoms with Crippen molar-refractivity contribution in [2.75, 3.05) is 5.32 Å². The summed E-state index contributed by atoms with van der Waals surface area (Å²) in [5.74, 6) is 0.601. The van der Waals surface area contributed by atoms with Gasteiger partial charge in [0, 0.05) is 27.8 Å². The van der Waals surface area contributed by atoms with Crippen LogP contribution >= 0.6 is 34.4 Å². The molecule has 0 fully saturated rings. The largest absolute Gasteiger partial charge is 0.451 e. The third-order valence-electron chi connectivity index (χ3n) is 3.83. The molecule has 0 radical (unpaired) electrons. The summed E-state index contributed by atoms with van der Waals surface area (Å²) in [4.78, 5) is 17.3. The van der Waals surface area contributed by atoms with Gasteiger partial charge < -0.3 is 4.42 Å². The van der Waals surface area contributed by atoms with E-state index in [-0.39, 0.29) is 5.91 Å². The lowest BCUT2D eigenvalue weighted by Gasteiger charge is -2.02. The second-order valence-corrected chi connectivity index (χ2v) is 8.90. The number of para-hydroxylation sites is 1. The van der Waals surface area contributed by atoms with E-state index in [4.69, 9.17) is 4.42 Å². The molecule has 0 saturated heterocycles. The number of furan rings is 1. The fourth-order valence-corrected chi connectivity index (χ4v) is 5.11. The van der Waals surface area contributed by atoms with E-state index < -0.39 is 0 Å². The van der Waals surface area contributed by atoms with E-state index >= 15 is 0 Å². The van der Waals surface area contributed by atoms with Gasteiger partial charge in [-0.25, -0.2) is 4.98 Å². The van der Waals surface area contributed by atoms with Crippen LogP contribution in [0.4, 0.5) is 5.13 Å². The highest BCUT2D eigenvalue weighted by atomic mass is 32.2. The molecule has 1 N–H and O–H groups in total. The molecule has 27 heavy (non-hydrogen) atoms. The van der Waals surface area contributed by atoms with Gasteiger partial charge >= 0.3 is 0 Å². The monoisotopic (exact) mass is 416 g/mol. The van der Waals surface area contributed by atoms with Crippen LogP contribution < -0.4 is 5.32 Å². The lowest BCUT2D eigenvalue weighted by atomic mass is 10.1. The molecular formula is C18H16N4O2S3. The molecule has 0 aliphatic rings. The predicted octanol–water partition coefficient (Wildman–Crippen LogP) is 5.16. The summed E-state index contributed by atoms with van der Waals surface area (Å²) < 4.78 is 6.85. The molecule has 0 unspecified atom stereocenters. The number of aromatic nitrogens is 3. The number of nitrogens with one attached hydrogen (secondary N) is 1. The number of benzene rings is 1. The molecule has 4 rings (SSSR count). The van der Waals surface area contributed by atoms with E-state index in [1.165, 1.54) is 11.3 Å². The van der Waals surface area contributed by atoms with Crippen LogP contribution in [0.25, 0.3) is 11.0 Å². The van der Waals surface area contributed by atoms with Crippen LogP contribution in [0, 0.1) is 6.92 Å². The highest BCUT2D eigenvalue weighted by molar-refractivity contribution is 8.00. The molecule has 0 aliphatic carbocycles. The smallest absolute Gasteiger partial charge is 0.293 e. The minimum absolute atomic E-state index is 0.309. The molecule has 9 heteroatoms. The number of carbonyl (C=O) groups excluding carboxylic acids is 1. The Bertz CT molecular complexity index is 1100. The maximum absolute atomic E-state index is 12.8. The second-order valence-electron chi connectivity index (χ2n) is 5.76. The summed E-state index contributed by atoms with van der Waals surface area (Å²) in [6.07, 6.45) is 0.785. The normalized spacial score (nSPS) is 11.2. The van der Waals surface area contributed by atoms with Crippen LogP contribution in [-0.2, 0) is 12.2 Å². The Labute approximate surface area is 168 Å². The number of thiazole rings is 1. The summed E-state index contributed by atoms with van der Waals surface area (Å²) in [6.45, 7) is 3.97. The van der Waals surface area contributed by atoms with E-state index in [1.807, 2.05) is 43.5 Å². The topological polar surface area (TPSA) is 80.9 Å². The van der Waals surface area contributed by atoms with E-state index in [1.54, 1.807) is 23.1 Å². The number of amides is 1. The zero-order valence-electron chi connectivity index (χ0n) is 14.7. The third kappa shape index (κ3) is 3.90. The van der Waals surface area contributed by atoms with Crippen molar-refractivity contribution in [3.05, 3.63) is 51.7 Å². The zero-order valence-corrected chi connectivity index (χ0v) is 17.1. The number of carbonyl (C=O) groups is 1. The molecule has 0 atom stereocenters. The predicted molar refractivity (Wildman–Crippen MR) is 110 cm³/mol. The van der Waals surface area contributed by atoms with Crippen LogP contribution in [0.15, 0.2) is 38.4 Å². The fourth-order valence-electron chi connectivity index (χ4n) is 2.56. The second kappa shape index (κ2) is 7.79. The van der Waals surface area contributed by atoms with Crippen molar-refractivity contribution < 1.29 is 9.21 Å². The zero-order chi connectivity index (χ0) is 18.8. The van der Waals surface area contributed by atoms with Gasteiger partial charge in [-0.05, 0) is 19.4 Å². The van der Waals surface area contributed by atoms with Crippen LogP contribution in [-0.4, -0.2) is 21.1 Å². The van der Waals surface area contributed by atoms with E-state index in [0.717, 1.165) is 32.4 Å². The fraction of sp³-hybridized carbons (Fsp3) is 0.222. The molecular weight excluding hydrogens is 400 g/mol. The molecule has 0 saturated carbocycles. The van der Waals surface area contributed by atoms with Crippen LogP contribution in [0.2, 0.25) is 0 Å². The molecule has 0 bridgehead atoms. The molecule has 0 aliphatic heterocycles. The maximum atomic E-state index is 12.8. The van der Waals surface area contributed by atoms with Crippen LogP contribution in [0.5, 0.6) is 0 Å². The average Bonchev–Trinajstić information content (AvgIpc) is 3.38. The number of hydrogen-bond acceptors (Lipinski definition) is 8. The van der Waals surface area contributed by atoms with Gasteiger partial charge in [-0.1, -0.05) is 48.2 Å². The van der Waals surface area contributed by atoms with E-state index in [2.05, 4.69) is 20.5 Å². The first-order valence-corrected chi connectivity index (χ1v) is 11.0. The minimum Gasteiger partial charge on any atom is -0.451 e. The SMILES string of the molecule is CCc1nnc(NC(=O)c2oc3ccccc3c2CSc2nc(C)cs2)s1. The molecule has 4 aromatic rings. The summed E-state index contributed by atoms with van der Waals surface area (Å²) >= 11 is 4.58. The molecule has 1 aromatic carbocycles. The Morgan fingerprint density at radius 3 is 2.89 bits per heavy atom. The van der Waals surface area contributed by atoms with Gasteiger partial charge in [-0.15, -0.1) is 21.5 Å². The van der Waals surface area contributed by atoms with Crippen molar-refractivity contribution in [3.8, 4) is 0 Å². The Morgan fingerprint density at radius 1 is 1.30 bits per heavy atom. The first-order valence-electron chi connectivity index (χ1n) is 8.33. The number of fused-ring (bicyclic) bond motifs is 1. The summed E-state index contributed by atoms with van der Waals surface area (Å²) in [6, 6.07) is 7.68. The molecule has 3 aromatic heterocycles. The third-order valence-corrected chi connectivity index (χ3v) is 6.98. The van der Waals surface area contributed by atoms with Gasteiger partial charge in [0.15, 0.2) is 5.76 Å². The molecule has 3 heterocycles. The summed E-state index contributed by atoms with van der Waals surface area (Å²) in [5.41, 5.74) is 2.56. The number of hydrogen-bond donors (Lipinski definition) is 1. The van der Waals surface area contributed by atoms with Crippen LogP contribution in [0.3, 0.4) is 0 Å². The first kappa shape index (κ1) is 18.1. The lowest BCUT2D eigenvalue weighted by molar-refractivity contribution is 0.0997. The maximum Gasteiger partial charge on any atom is 0.293 e. The molecule has 6 nitrogen and oxygen atoms in total. The molecule has 138 valence electrons. The summed E-state index contributed by atoms with van der Waals surface area (Å²) in [7, 11) is 0. The van der Waals surface area contributed by atoms with Gasteiger partial charge in [-0.3, -0.25) is 10.1 Å². The minimum atomic E-state index is -0.309. The number of nitrogens with zero attached hydrogens (tertiary/aromatic N) is 3. The van der Waals surface area contributed by atoms with Crippen molar-refractivity contribution in [2.24, 2.45) is 0 Å². The van der Waals surface area contributed by atoms with Crippen molar-refractivity contribution in [2.45, 2.75) is 30.4 Å². The Kier molecular flexibility index (Phi) is 5.24. The average molecular weight is 417 g/mol. The molecule has 0 spiro atoms. The standard InChI is InChI=1S/C18H16N4O2S3/c1-3-14-21-22-17(27-14)20-16(23)15-12(9-26-18-19-10(2)8-25-18)11-6-4-5-7-13(11)24-15/h4-8H,3,9H2,1-2H3,(H,20,22,23). The number of thioether (sulfide) groups is 1. The van der Waals surface area contributed by atoms with Crippen molar-refractivity contribution >= 4 is 56.4 Å². The Balaban J connectivity index is 1.63. The van der Waals surface area contributed by atoms with Gasteiger partial charge in [-0.2, -0.15) is 0 Å².